The van der Waals surface area contributed by atoms with Gasteiger partial charge in [-0.05, 0) is 60.5 Å². The van der Waals surface area contributed by atoms with Crippen LogP contribution in [0.25, 0.3) is 43.8 Å². The molecule has 3 heteroatoms. The van der Waals surface area contributed by atoms with Crippen molar-refractivity contribution in [2.75, 3.05) is 7.11 Å². The summed E-state index contributed by atoms with van der Waals surface area (Å²) in [6.45, 7) is 3.40. The Hall–Kier alpha value is -3.85. The molecule has 4 aromatic carbocycles. The van der Waals surface area contributed by atoms with Crippen LogP contribution >= 0.6 is 0 Å². The standard InChI is InChI=1S/C28H23NO2/c1-18(30)28(19(2)31-3)22-13-12-21-17-23(15-14-20(21)16-22)29-26-10-6-4-8-24(26)25-9-5-7-11-27(25)29/h4-17H,1-3H3/b28-19+. The summed E-state index contributed by atoms with van der Waals surface area (Å²) in [6, 6.07) is 29.6. The van der Waals surface area contributed by atoms with Gasteiger partial charge in [-0.2, -0.15) is 0 Å². The number of allylic oxidation sites excluding steroid dienone is 2. The average molecular weight is 405 g/mol. The van der Waals surface area contributed by atoms with E-state index in [4.69, 9.17) is 4.74 Å². The molecule has 5 rings (SSSR count). The summed E-state index contributed by atoms with van der Waals surface area (Å²) in [5, 5.41) is 4.71. The van der Waals surface area contributed by atoms with Gasteiger partial charge < -0.3 is 9.30 Å². The third kappa shape index (κ3) is 3.10. The molecule has 1 heterocycles. The largest absolute Gasteiger partial charge is 0.501 e. The number of carbonyl (C=O) groups is 1. The van der Waals surface area contributed by atoms with Crippen LogP contribution in [0.15, 0.2) is 90.7 Å². The maximum atomic E-state index is 12.2. The summed E-state index contributed by atoms with van der Waals surface area (Å²) in [6.07, 6.45) is 0. The van der Waals surface area contributed by atoms with Crippen LogP contribution < -0.4 is 0 Å². The molecule has 0 aliphatic rings. The van der Waals surface area contributed by atoms with Gasteiger partial charge in [0.25, 0.3) is 0 Å². The van der Waals surface area contributed by atoms with E-state index >= 15 is 0 Å². The summed E-state index contributed by atoms with van der Waals surface area (Å²) >= 11 is 0. The lowest BCUT2D eigenvalue weighted by molar-refractivity contribution is -0.111. The van der Waals surface area contributed by atoms with E-state index in [2.05, 4.69) is 83.4 Å². The SMILES string of the molecule is CO/C(C)=C(\C(C)=O)c1ccc2cc(-n3c4ccccc4c4ccccc43)ccc2c1. The van der Waals surface area contributed by atoms with Crippen LogP contribution in [0, 0.1) is 0 Å². The predicted molar refractivity (Wildman–Crippen MR) is 129 cm³/mol. The van der Waals surface area contributed by atoms with Crippen molar-refractivity contribution < 1.29 is 9.53 Å². The van der Waals surface area contributed by atoms with Crippen LogP contribution in [0.1, 0.15) is 19.4 Å². The normalized spacial score (nSPS) is 12.4. The number of carbonyl (C=O) groups excluding carboxylic acids is 1. The topological polar surface area (TPSA) is 31.2 Å². The monoisotopic (exact) mass is 405 g/mol. The second-order valence-corrected chi connectivity index (χ2v) is 7.81. The number of methoxy groups -OCH3 is 1. The second-order valence-electron chi connectivity index (χ2n) is 7.81. The fraction of sp³-hybridized carbons (Fsp3) is 0.107. The van der Waals surface area contributed by atoms with Crippen LogP contribution in [-0.4, -0.2) is 17.5 Å². The van der Waals surface area contributed by atoms with E-state index in [1.54, 1.807) is 14.0 Å². The number of para-hydroxylation sites is 2. The number of hydrogen-bond donors (Lipinski definition) is 0. The highest BCUT2D eigenvalue weighted by Crippen LogP contribution is 2.33. The molecule has 0 saturated heterocycles. The van der Waals surface area contributed by atoms with Crippen molar-refractivity contribution >= 4 is 43.9 Å². The molecule has 0 atom stereocenters. The molecular formula is C28H23NO2. The Labute approximate surface area is 181 Å². The third-order valence-corrected chi connectivity index (χ3v) is 5.96. The van der Waals surface area contributed by atoms with Crippen molar-refractivity contribution in [2.24, 2.45) is 0 Å². The van der Waals surface area contributed by atoms with Gasteiger partial charge in [-0.3, -0.25) is 4.79 Å². The van der Waals surface area contributed by atoms with Gasteiger partial charge in [-0.25, -0.2) is 0 Å². The zero-order valence-corrected chi connectivity index (χ0v) is 17.8. The van der Waals surface area contributed by atoms with Crippen LogP contribution in [0.3, 0.4) is 0 Å². The van der Waals surface area contributed by atoms with E-state index < -0.39 is 0 Å². The lowest BCUT2D eigenvalue weighted by atomic mass is 9.98. The fourth-order valence-electron chi connectivity index (χ4n) is 4.48. The molecule has 3 nitrogen and oxygen atoms in total. The first-order valence-electron chi connectivity index (χ1n) is 10.4. The lowest BCUT2D eigenvalue weighted by Gasteiger charge is -2.12. The molecule has 5 aromatic rings. The Morgan fingerprint density at radius 3 is 1.94 bits per heavy atom. The maximum Gasteiger partial charge on any atom is 0.163 e. The highest BCUT2D eigenvalue weighted by Gasteiger charge is 2.14. The third-order valence-electron chi connectivity index (χ3n) is 5.96. The maximum absolute atomic E-state index is 12.2. The Balaban J connectivity index is 1.71. The van der Waals surface area contributed by atoms with Crippen molar-refractivity contribution in [3.63, 3.8) is 0 Å². The van der Waals surface area contributed by atoms with Crippen LogP contribution in [0.4, 0.5) is 0 Å². The minimum atomic E-state index is 0.000556. The molecule has 31 heavy (non-hydrogen) atoms. The van der Waals surface area contributed by atoms with E-state index in [9.17, 15) is 4.79 Å². The van der Waals surface area contributed by atoms with Gasteiger partial charge in [-0.15, -0.1) is 0 Å². The smallest absolute Gasteiger partial charge is 0.163 e. The molecule has 0 amide bonds. The van der Waals surface area contributed by atoms with Crippen molar-refractivity contribution in [1.82, 2.24) is 4.57 Å². The van der Waals surface area contributed by atoms with E-state index in [1.807, 2.05) is 13.0 Å². The zero-order valence-electron chi connectivity index (χ0n) is 17.8. The first-order valence-corrected chi connectivity index (χ1v) is 10.4. The summed E-state index contributed by atoms with van der Waals surface area (Å²) in [5.41, 5.74) is 5.00. The molecule has 0 radical (unpaired) electrons. The highest BCUT2D eigenvalue weighted by molar-refractivity contribution is 6.20. The minimum Gasteiger partial charge on any atom is -0.501 e. The van der Waals surface area contributed by atoms with Crippen molar-refractivity contribution in [1.29, 1.82) is 0 Å². The molecule has 1 aromatic heterocycles. The minimum absolute atomic E-state index is 0.000556. The number of Topliss-reactive ketones (excluding diaryl/α,β-unsaturated/α-hetero) is 1. The fourth-order valence-corrected chi connectivity index (χ4v) is 4.48. The molecule has 0 N–H and O–H groups in total. The zero-order chi connectivity index (χ0) is 21.5. The van der Waals surface area contributed by atoms with Gasteiger partial charge in [0, 0.05) is 16.5 Å². The van der Waals surface area contributed by atoms with Gasteiger partial charge in [0.05, 0.1) is 23.7 Å². The van der Waals surface area contributed by atoms with Crippen molar-refractivity contribution in [3.8, 4) is 5.69 Å². The summed E-state index contributed by atoms with van der Waals surface area (Å²) in [7, 11) is 1.59. The van der Waals surface area contributed by atoms with Crippen molar-refractivity contribution in [2.45, 2.75) is 13.8 Å². The van der Waals surface area contributed by atoms with Crippen LogP contribution in [-0.2, 0) is 9.53 Å². The molecule has 0 aliphatic carbocycles. The van der Waals surface area contributed by atoms with Crippen molar-refractivity contribution in [3.05, 3.63) is 96.3 Å². The first kappa shape index (κ1) is 19.1. The first-order chi connectivity index (χ1) is 15.1. The van der Waals surface area contributed by atoms with Crippen LogP contribution in [0.5, 0.6) is 0 Å². The quantitative estimate of drug-likeness (QED) is 0.240. The van der Waals surface area contributed by atoms with Gasteiger partial charge in [-0.1, -0.05) is 54.6 Å². The lowest BCUT2D eigenvalue weighted by Crippen LogP contribution is -2.01. The van der Waals surface area contributed by atoms with Gasteiger partial charge in [0.1, 0.15) is 5.76 Å². The number of fused-ring (bicyclic) bond motifs is 4. The number of ketones is 1. The molecule has 0 saturated carbocycles. The number of aromatic nitrogens is 1. The van der Waals surface area contributed by atoms with Crippen LogP contribution in [0.2, 0.25) is 0 Å². The molecular weight excluding hydrogens is 382 g/mol. The van der Waals surface area contributed by atoms with E-state index in [0.717, 1.165) is 22.0 Å². The molecule has 0 fully saturated rings. The van der Waals surface area contributed by atoms with E-state index in [1.165, 1.54) is 21.8 Å². The predicted octanol–water partition coefficient (Wildman–Crippen LogP) is 6.90. The number of nitrogens with zero attached hydrogens (tertiary/aromatic N) is 1. The second kappa shape index (κ2) is 7.44. The Kier molecular flexibility index (Phi) is 4.59. The highest BCUT2D eigenvalue weighted by atomic mass is 16.5. The van der Waals surface area contributed by atoms with Gasteiger partial charge in [0.15, 0.2) is 5.78 Å². The number of hydrogen-bond acceptors (Lipinski definition) is 2. The van der Waals surface area contributed by atoms with E-state index in [0.29, 0.717) is 11.3 Å². The Morgan fingerprint density at radius 2 is 1.32 bits per heavy atom. The number of rotatable bonds is 4. The Bertz CT molecular complexity index is 1450. The molecule has 0 bridgehead atoms. The summed E-state index contributed by atoms with van der Waals surface area (Å²) in [4.78, 5) is 12.2. The van der Waals surface area contributed by atoms with E-state index in [-0.39, 0.29) is 5.78 Å². The molecule has 0 spiro atoms. The molecule has 0 unspecified atom stereocenters. The van der Waals surface area contributed by atoms with Gasteiger partial charge >= 0.3 is 0 Å². The molecule has 0 aliphatic heterocycles. The number of ether oxygens (including phenoxy) is 1. The number of benzene rings is 4. The summed E-state index contributed by atoms with van der Waals surface area (Å²) in [5.74, 6) is 0.634. The average Bonchev–Trinajstić information content (AvgIpc) is 3.13. The Morgan fingerprint density at radius 1 is 0.742 bits per heavy atom. The van der Waals surface area contributed by atoms with Gasteiger partial charge in [0.2, 0.25) is 0 Å². The summed E-state index contributed by atoms with van der Waals surface area (Å²) < 4.78 is 7.66. The molecule has 152 valence electrons.